The van der Waals surface area contributed by atoms with E-state index in [1.807, 2.05) is 29.7 Å². The number of nitrogens with zero attached hydrogens (tertiary/aromatic N) is 3. The molecule has 25 heavy (non-hydrogen) atoms. The van der Waals surface area contributed by atoms with Gasteiger partial charge in [0.15, 0.2) is 5.96 Å². The van der Waals surface area contributed by atoms with Gasteiger partial charge >= 0.3 is 0 Å². The number of aliphatic imine (C=N–C) groups is 1. The molecule has 2 aromatic heterocycles. The first kappa shape index (κ1) is 20.5. The minimum Gasteiger partial charge on any atom is -0.360 e. The van der Waals surface area contributed by atoms with Crippen molar-refractivity contribution >= 4 is 57.6 Å². The van der Waals surface area contributed by atoms with Crippen molar-refractivity contribution in [3.05, 3.63) is 39.9 Å². The fourth-order valence-electron chi connectivity index (χ4n) is 2.97. The summed E-state index contributed by atoms with van der Waals surface area (Å²) in [5, 5.41) is 9.25. The molecule has 1 fully saturated rings. The van der Waals surface area contributed by atoms with Crippen LogP contribution in [0.1, 0.15) is 18.7 Å². The second-order valence-electron chi connectivity index (χ2n) is 6.69. The van der Waals surface area contributed by atoms with Gasteiger partial charge in [0.2, 0.25) is 0 Å². The number of piperazine rings is 1. The molecule has 1 N–H and O–H groups in total. The lowest BCUT2D eigenvalue weighted by Crippen LogP contribution is -2.53. The molecule has 0 spiro atoms. The van der Waals surface area contributed by atoms with Crippen molar-refractivity contribution in [1.29, 1.82) is 0 Å². The standard InChI is InChI=1S/C18H26N4S2.HI/c1-18(2,15-6-4-12-23-15)14-20-17(19-3)22-10-8-21(9-11-22)16-7-5-13-24-16;/h4-7,12-13H,8-11,14H2,1-3H3,(H,19,20);1H. The second kappa shape index (κ2) is 9.23. The van der Waals surface area contributed by atoms with Crippen LogP contribution in [0.25, 0.3) is 0 Å². The number of hydrogen-bond donors (Lipinski definition) is 1. The molecule has 0 atom stereocenters. The Morgan fingerprint density at radius 3 is 2.36 bits per heavy atom. The van der Waals surface area contributed by atoms with E-state index in [-0.39, 0.29) is 29.4 Å². The van der Waals surface area contributed by atoms with Gasteiger partial charge in [0, 0.05) is 50.1 Å². The van der Waals surface area contributed by atoms with E-state index in [0.29, 0.717) is 0 Å². The summed E-state index contributed by atoms with van der Waals surface area (Å²) in [7, 11) is 1.88. The Bertz CT molecular complexity index is 645. The van der Waals surface area contributed by atoms with E-state index in [0.717, 1.165) is 38.7 Å². The summed E-state index contributed by atoms with van der Waals surface area (Å²) in [5.74, 6) is 1.02. The van der Waals surface area contributed by atoms with Crippen LogP contribution in [0.5, 0.6) is 0 Å². The van der Waals surface area contributed by atoms with E-state index in [9.17, 15) is 0 Å². The summed E-state index contributed by atoms with van der Waals surface area (Å²) in [6.45, 7) is 9.59. The summed E-state index contributed by atoms with van der Waals surface area (Å²) >= 11 is 3.64. The number of nitrogens with one attached hydrogen (secondary N) is 1. The van der Waals surface area contributed by atoms with Gasteiger partial charge in [-0.3, -0.25) is 4.99 Å². The zero-order valence-corrected chi connectivity index (χ0v) is 19.0. The monoisotopic (exact) mass is 490 g/mol. The molecule has 1 aliphatic rings. The number of thiophene rings is 2. The fourth-order valence-corrected chi connectivity index (χ4v) is 4.61. The lowest BCUT2D eigenvalue weighted by atomic mass is 9.91. The minimum absolute atomic E-state index is 0. The molecule has 3 rings (SSSR count). The molecule has 138 valence electrons. The van der Waals surface area contributed by atoms with Crippen molar-refractivity contribution in [2.45, 2.75) is 19.3 Å². The zero-order chi connectivity index (χ0) is 17.0. The molecule has 7 heteroatoms. The first-order valence-electron chi connectivity index (χ1n) is 8.38. The molecule has 0 radical (unpaired) electrons. The highest BCUT2D eigenvalue weighted by Crippen LogP contribution is 2.27. The van der Waals surface area contributed by atoms with Gasteiger partial charge in [0.05, 0.1) is 5.00 Å². The van der Waals surface area contributed by atoms with Crippen LogP contribution >= 0.6 is 46.7 Å². The van der Waals surface area contributed by atoms with Crippen LogP contribution in [-0.2, 0) is 5.41 Å². The summed E-state index contributed by atoms with van der Waals surface area (Å²) in [5.41, 5.74) is 0.114. The van der Waals surface area contributed by atoms with E-state index in [1.165, 1.54) is 9.88 Å². The summed E-state index contributed by atoms with van der Waals surface area (Å²) in [6, 6.07) is 8.67. The minimum atomic E-state index is 0. The Kier molecular flexibility index (Phi) is 7.57. The molecule has 4 nitrogen and oxygen atoms in total. The largest absolute Gasteiger partial charge is 0.360 e. The van der Waals surface area contributed by atoms with Crippen molar-refractivity contribution in [2.75, 3.05) is 44.7 Å². The van der Waals surface area contributed by atoms with Crippen LogP contribution in [0.4, 0.5) is 5.00 Å². The van der Waals surface area contributed by atoms with Gasteiger partial charge in [-0.2, -0.15) is 0 Å². The highest BCUT2D eigenvalue weighted by molar-refractivity contribution is 14.0. The van der Waals surface area contributed by atoms with Crippen molar-refractivity contribution in [3.63, 3.8) is 0 Å². The molecule has 2 aromatic rings. The topological polar surface area (TPSA) is 30.9 Å². The van der Waals surface area contributed by atoms with E-state index in [2.05, 4.69) is 69.0 Å². The molecule has 0 saturated carbocycles. The number of rotatable bonds is 4. The zero-order valence-electron chi connectivity index (χ0n) is 15.1. The third kappa shape index (κ3) is 5.10. The molecule has 0 unspecified atom stereocenters. The first-order valence-corrected chi connectivity index (χ1v) is 10.1. The van der Waals surface area contributed by atoms with Crippen LogP contribution < -0.4 is 10.2 Å². The van der Waals surface area contributed by atoms with Crippen LogP contribution in [0.3, 0.4) is 0 Å². The number of hydrogen-bond acceptors (Lipinski definition) is 4. The van der Waals surface area contributed by atoms with Gasteiger partial charge in [-0.05, 0) is 29.0 Å². The van der Waals surface area contributed by atoms with Crippen molar-refractivity contribution in [3.8, 4) is 0 Å². The van der Waals surface area contributed by atoms with Crippen LogP contribution in [-0.4, -0.2) is 50.6 Å². The maximum Gasteiger partial charge on any atom is 0.193 e. The van der Waals surface area contributed by atoms with Crippen molar-refractivity contribution in [2.24, 2.45) is 4.99 Å². The third-order valence-electron chi connectivity index (χ3n) is 4.49. The van der Waals surface area contributed by atoms with Crippen molar-refractivity contribution < 1.29 is 0 Å². The summed E-state index contributed by atoms with van der Waals surface area (Å²) in [6.07, 6.45) is 0. The maximum absolute atomic E-state index is 4.50. The SMILES string of the molecule is CN=C(NCC(C)(C)c1cccs1)N1CCN(c2cccs2)CC1.I. The van der Waals surface area contributed by atoms with Gasteiger partial charge < -0.3 is 15.1 Å². The lowest BCUT2D eigenvalue weighted by molar-refractivity contribution is 0.367. The normalized spacial score (nSPS) is 15.9. The molecule has 0 amide bonds. The smallest absolute Gasteiger partial charge is 0.193 e. The van der Waals surface area contributed by atoms with Gasteiger partial charge in [-0.15, -0.1) is 46.7 Å². The van der Waals surface area contributed by atoms with Crippen LogP contribution in [0.15, 0.2) is 40.0 Å². The summed E-state index contributed by atoms with van der Waals surface area (Å²) in [4.78, 5) is 10.7. The summed E-state index contributed by atoms with van der Waals surface area (Å²) < 4.78 is 0. The van der Waals surface area contributed by atoms with E-state index < -0.39 is 0 Å². The molecule has 3 heterocycles. The second-order valence-corrected chi connectivity index (χ2v) is 8.56. The molecule has 1 saturated heterocycles. The predicted molar refractivity (Wildman–Crippen MR) is 122 cm³/mol. The Hall–Kier alpha value is -0.800. The van der Waals surface area contributed by atoms with Gasteiger partial charge in [-0.1, -0.05) is 19.9 Å². The highest BCUT2D eigenvalue weighted by Gasteiger charge is 2.25. The van der Waals surface area contributed by atoms with Crippen LogP contribution in [0, 0.1) is 0 Å². The van der Waals surface area contributed by atoms with E-state index >= 15 is 0 Å². The molecular weight excluding hydrogens is 463 g/mol. The average Bonchev–Trinajstić information content (AvgIpc) is 3.30. The number of anilines is 1. The Morgan fingerprint density at radius 2 is 1.80 bits per heavy atom. The quantitative estimate of drug-likeness (QED) is 0.398. The predicted octanol–water partition coefficient (Wildman–Crippen LogP) is 4.10. The highest BCUT2D eigenvalue weighted by atomic mass is 127. The third-order valence-corrected chi connectivity index (χ3v) is 6.65. The van der Waals surface area contributed by atoms with Gasteiger partial charge in [-0.25, -0.2) is 0 Å². The van der Waals surface area contributed by atoms with Gasteiger partial charge in [0.25, 0.3) is 0 Å². The van der Waals surface area contributed by atoms with E-state index in [1.54, 1.807) is 0 Å². The van der Waals surface area contributed by atoms with Crippen LogP contribution in [0.2, 0.25) is 0 Å². The molecular formula is C18H27IN4S2. The Labute approximate surface area is 176 Å². The molecule has 0 bridgehead atoms. The first-order chi connectivity index (χ1) is 11.6. The molecule has 0 aliphatic carbocycles. The van der Waals surface area contributed by atoms with Gasteiger partial charge in [0.1, 0.15) is 0 Å². The van der Waals surface area contributed by atoms with Crippen molar-refractivity contribution in [1.82, 2.24) is 10.2 Å². The Balaban J connectivity index is 0.00000225. The Morgan fingerprint density at radius 1 is 1.12 bits per heavy atom. The maximum atomic E-state index is 4.50. The van der Waals surface area contributed by atoms with E-state index in [4.69, 9.17) is 0 Å². The lowest BCUT2D eigenvalue weighted by Gasteiger charge is -2.37. The molecule has 1 aliphatic heterocycles. The number of halogens is 1. The average molecular weight is 490 g/mol. The molecule has 0 aromatic carbocycles. The number of guanidine groups is 1. The fraction of sp³-hybridized carbons (Fsp3) is 0.500.